The van der Waals surface area contributed by atoms with Crippen LogP contribution in [0, 0.1) is 0 Å². The van der Waals surface area contributed by atoms with Crippen LogP contribution in [0.3, 0.4) is 0 Å². The van der Waals surface area contributed by atoms with Gasteiger partial charge in [-0.1, -0.05) is 36.4 Å². The predicted molar refractivity (Wildman–Crippen MR) is 110 cm³/mol. The Morgan fingerprint density at radius 2 is 1.68 bits per heavy atom. The van der Waals surface area contributed by atoms with Gasteiger partial charge in [0, 0.05) is 16.2 Å². The average Bonchev–Trinajstić information content (AvgIpc) is 3.08. The Morgan fingerprint density at radius 1 is 0.964 bits per heavy atom. The van der Waals surface area contributed by atoms with Crippen LogP contribution in [0.15, 0.2) is 54.6 Å². The van der Waals surface area contributed by atoms with E-state index in [0.29, 0.717) is 22.6 Å². The van der Waals surface area contributed by atoms with Gasteiger partial charge in [-0.05, 0) is 28.5 Å². The summed E-state index contributed by atoms with van der Waals surface area (Å²) >= 11 is 1.16. The van der Waals surface area contributed by atoms with Gasteiger partial charge in [-0.2, -0.15) is 0 Å². The highest BCUT2D eigenvalue weighted by Gasteiger charge is 2.21. The normalized spacial score (nSPS) is 10.9. The monoisotopic (exact) mass is 394 g/mol. The van der Waals surface area contributed by atoms with Crippen molar-refractivity contribution >= 4 is 38.2 Å². The van der Waals surface area contributed by atoms with Gasteiger partial charge in [-0.3, -0.25) is 0 Å². The minimum Gasteiger partial charge on any atom is -0.493 e. The van der Waals surface area contributed by atoms with Gasteiger partial charge in [0.1, 0.15) is 6.61 Å². The van der Waals surface area contributed by atoms with E-state index in [4.69, 9.17) is 14.2 Å². The Morgan fingerprint density at radius 3 is 2.39 bits per heavy atom. The minimum atomic E-state index is -1.02. The van der Waals surface area contributed by atoms with Crippen LogP contribution in [-0.4, -0.2) is 25.3 Å². The van der Waals surface area contributed by atoms with Crippen LogP contribution < -0.4 is 14.2 Å². The molecule has 0 spiro atoms. The lowest BCUT2D eigenvalue weighted by molar-refractivity contribution is 0.0698. The Balaban J connectivity index is 1.73. The maximum absolute atomic E-state index is 11.8. The molecular weight excluding hydrogens is 376 g/mol. The molecule has 5 nitrogen and oxygen atoms in total. The molecule has 1 heterocycles. The molecule has 0 saturated heterocycles. The number of carbonyl (C=O) groups is 1. The van der Waals surface area contributed by atoms with Crippen LogP contribution in [0.25, 0.3) is 20.9 Å². The molecule has 0 aliphatic rings. The van der Waals surface area contributed by atoms with Gasteiger partial charge in [0.25, 0.3) is 0 Å². The highest BCUT2D eigenvalue weighted by Crippen LogP contribution is 2.43. The maximum Gasteiger partial charge on any atom is 0.349 e. The van der Waals surface area contributed by atoms with Crippen molar-refractivity contribution in [2.75, 3.05) is 14.2 Å². The third-order valence-electron chi connectivity index (χ3n) is 4.54. The highest BCUT2D eigenvalue weighted by atomic mass is 32.1. The van der Waals surface area contributed by atoms with Crippen LogP contribution in [0.5, 0.6) is 17.2 Å². The average molecular weight is 394 g/mol. The van der Waals surface area contributed by atoms with Gasteiger partial charge in [0.15, 0.2) is 22.1 Å². The third-order valence-corrected chi connectivity index (χ3v) is 5.66. The molecule has 0 saturated carbocycles. The van der Waals surface area contributed by atoms with E-state index in [0.717, 1.165) is 32.4 Å². The Kier molecular flexibility index (Phi) is 4.79. The first-order valence-corrected chi connectivity index (χ1v) is 9.44. The molecule has 0 unspecified atom stereocenters. The van der Waals surface area contributed by atoms with Crippen molar-refractivity contribution in [2.45, 2.75) is 6.61 Å². The summed E-state index contributed by atoms with van der Waals surface area (Å²) in [6, 6.07) is 17.7. The summed E-state index contributed by atoms with van der Waals surface area (Å²) in [5.41, 5.74) is 0.967. The number of thiophene rings is 1. The van der Waals surface area contributed by atoms with E-state index < -0.39 is 5.97 Å². The van der Waals surface area contributed by atoms with E-state index in [2.05, 4.69) is 6.07 Å². The number of methoxy groups -OCH3 is 2. The molecule has 4 rings (SSSR count). The van der Waals surface area contributed by atoms with Crippen molar-refractivity contribution in [2.24, 2.45) is 0 Å². The zero-order valence-corrected chi connectivity index (χ0v) is 16.2. The van der Waals surface area contributed by atoms with Gasteiger partial charge >= 0.3 is 5.97 Å². The predicted octanol–water partition coefficient (Wildman–Crippen LogP) is 5.35. The van der Waals surface area contributed by atoms with Crippen molar-refractivity contribution < 1.29 is 24.1 Å². The maximum atomic E-state index is 11.8. The molecule has 0 fully saturated rings. The number of hydrogen-bond donors (Lipinski definition) is 1. The van der Waals surface area contributed by atoms with Crippen LogP contribution >= 0.6 is 11.3 Å². The zero-order valence-electron chi connectivity index (χ0n) is 15.4. The number of hydrogen-bond acceptors (Lipinski definition) is 5. The van der Waals surface area contributed by atoms with E-state index in [1.807, 2.05) is 36.4 Å². The number of ether oxygens (including phenoxy) is 3. The molecular formula is C22H18O5S. The summed E-state index contributed by atoms with van der Waals surface area (Å²) < 4.78 is 17.4. The zero-order chi connectivity index (χ0) is 19.7. The summed E-state index contributed by atoms with van der Waals surface area (Å²) in [4.78, 5) is 11.9. The largest absolute Gasteiger partial charge is 0.493 e. The molecule has 4 aromatic rings. The van der Waals surface area contributed by atoms with E-state index in [9.17, 15) is 9.90 Å². The fraction of sp³-hybridized carbons (Fsp3) is 0.136. The first kappa shape index (κ1) is 18.1. The lowest BCUT2D eigenvalue weighted by atomic mass is 10.1. The summed E-state index contributed by atoms with van der Waals surface area (Å²) in [6.45, 7) is 0.269. The second kappa shape index (κ2) is 7.40. The summed E-state index contributed by atoms with van der Waals surface area (Å²) in [5, 5.41) is 12.6. The van der Waals surface area contributed by atoms with Crippen molar-refractivity contribution in [3.8, 4) is 17.2 Å². The SMILES string of the molecule is COc1cc2sc(C(=O)O)c(OCc3ccc4ccccc4c3)c2cc1OC. The quantitative estimate of drug-likeness (QED) is 0.478. The van der Waals surface area contributed by atoms with Crippen molar-refractivity contribution in [3.05, 3.63) is 65.0 Å². The van der Waals surface area contributed by atoms with Gasteiger partial charge in [-0.15, -0.1) is 11.3 Å². The minimum absolute atomic E-state index is 0.158. The van der Waals surface area contributed by atoms with Crippen molar-refractivity contribution in [1.29, 1.82) is 0 Å². The molecule has 6 heteroatoms. The second-order valence-corrected chi connectivity index (χ2v) is 7.29. The van der Waals surface area contributed by atoms with E-state index >= 15 is 0 Å². The van der Waals surface area contributed by atoms with Crippen LogP contribution in [-0.2, 0) is 6.61 Å². The molecule has 0 bridgehead atoms. The van der Waals surface area contributed by atoms with Gasteiger partial charge in [0.2, 0.25) is 0 Å². The van der Waals surface area contributed by atoms with Gasteiger partial charge < -0.3 is 19.3 Å². The van der Waals surface area contributed by atoms with Crippen molar-refractivity contribution in [3.63, 3.8) is 0 Å². The Labute approximate surface area is 165 Å². The van der Waals surface area contributed by atoms with Crippen LogP contribution in [0.2, 0.25) is 0 Å². The smallest absolute Gasteiger partial charge is 0.349 e. The molecule has 0 amide bonds. The molecule has 0 radical (unpaired) electrons. The topological polar surface area (TPSA) is 65.0 Å². The van der Waals surface area contributed by atoms with Crippen LogP contribution in [0.4, 0.5) is 0 Å². The molecule has 142 valence electrons. The lowest BCUT2D eigenvalue weighted by Crippen LogP contribution is -2.00. The number of rotatable bonds is 6. The summed E-state index contributed by atoms with van der Waals surface area (Å²) in [6.07, 6.45) is 0. The van der Waals surface area contributed by atoms with E-state index in [1.165, 1.54) is 0 Å². The fourth-order valence-electron chi connectivity index (χ4n) is 3.17. The van der Waals surface area contributed by atoms with E-state index in [1.54, 1.807) is 26.4 Å². The molecule has 0 aliphatic carbocycles. The first-order valence-electron chi connectivity index (χ1n) is 8.63. The highest BCUT2D eigenvalue weighted by molar-refractivity contribution is 7.21. The molecule has 1 aromatic heterocycles. The van der Waals surface area contributed by atoms with Crippen LogP contribution in [0.1, 0.15) is 15.2 Å². The second-order valence-electron chi connectivity index (χ2n) is 6.24. The number of benzene rings is 3. The van der Waals surface area contributed by atoms with E-state index in [-0.39, 0.29) is 11.5 Å². The molecule has 1 N–H and O–H groups in total. The molecule has 28 heavy (non-hydrogen) atoms. The first-order chi connectivity index (χ1) is 13.6. The molecule has 3 aromatic carbocycles. The molecule has 0 aliphatic heterocycles. The number of fused-ring (bicyclic) bond motifs is 2. The standard InChI is InChI=1S/C22H18O5S/c1-25-17-10-16-19(11-18(17)26-2)28-21(22(23)24)20(16)27-12-13-7-8-14-5-3-4-6-15(14)9-13/h3-11H,12H2,1-2H3,(H,23,24). The van der Waals surface area contributed by atoms with Gasteiger partial charge in [-0.25, -0.2) is 4.79 Å². The fourth-order valence-corrected chi connectivity index (χ4v) is 4.17. The third kappa shape index (κ3) is 3.23. The number of aromatic carboxylic acids is 1. The Bertz CT molecular complexity index is 1180. The summed E-state index contributed by atoms with van der Waals surface area (Å²) in [5.74, 6) is 0.406. The summed E-state index contributed by atoms with van der Waals surface area (Å²) in [7, 11) is 3.09. The Hall–Kier alpha value is -3.25. The van der Waals surface area contributed by atoms with Gasteiger partial charge in [0.05, 0.1) is 14.2 Å². The number of carboxylic acids is 1. The van der Waals surface area contributed by atoms with Crippen molar-refractivity contribution in [1.82, 2.24) is 0 Å². The molecule has 0 atom stereocenters. The number of carboxylic acid groups (broad SMARTS) is 1. The lowest BCUT2D eigenvalue weighted by Gasteiger charge is -2.10.